The Morgan fingerprint density at radius 1 is 1.43 bits per heavy atom. The lowest BCUT2D eigenvalue weighted by atomic mass is 10.3. The molecule has 2 rings (SSSR count). The van der Waals surface area contributed by atoms with Crippen molar-refractivity contribution in [1.82, 2.24) is 14.7 Å². The first-order valence-electron chi connectivity index (χ1n) is 7.40. The van der Waals surface area contributed by atoms with Gasteiger partial charge < -0.3 is 10.2 Å². The lowest BCUT2D eigenvalue weighted by Gasteiger charge is -2.15. The molecule has 1 saturated heterocycles. The van der Waals surface area contributed by atoms with E-state index in [-0.39, 0.29) is 16.5 Å². The highest BCUT2D eigenvalue weighted by Gasteiger charge is 2.17. The quantitative estimate of drug-likeness (QED) is 0.868. The largest absolute Gasteiger partial charge is 0.382 e. The van der Waals surface area contributed by atoms with E-state index in [1.165, 1.54) is 4.68 Å². The molecule has 2 heterocycles. The van der Waals surface area contributed by atoms with Crippen LogP contribution in [0.5, 0.6) is 0 Å². The zero-order valence-electron chi connectivity index (χ0n) is 12.3. The zero-order valence-corrected chi connectivity index (χ0v) is 13.0. The fourth-order valence-electron chi connectivity index (χ4n) is 2.39. The third-order valence-corrected chi connectivity index (χ3v) is 3.90. The Morgan fingerprint density at radius 2 is 2.14 bits per heavy atom. The first-order chi connectivity index (χ1) is 10.1. The molecule has 7 heteroatoms. The van der Waals surface area contributed by atoms with Gasteiger partial charge in [-0.3, -0.25) is 9.59 Å². The van der Waals surface area contributed by atoms with E-state index >= 15 is 0 Å². The molecule has 1 fully saturated rings. The van der Waals surface area contributed by atoms with E-state index in [0.29, 0.717) is 25.2 Å². The second-order valence-electron chi connectivity index (χ2n) is 5.17. The Labute approximate surface area is 129 Å². The fourth-order valence-corrected chi connectivity index (χ4v) is 2.60. The summed E-state index contributed by atoms with van der Waals surface area (Å²) in [6.07, 6.45) is 4.93. The third kappa shape index (κ3) is 3.97. The minimum Gasteiger partial charge on any atom is -0.382 e. The molecule has 0 saturated carbocycles. The van der Waals surface area contributed by atoms with Gasteiger partial charge in [0.05, 0.1) is 11.9 Å². The summed E-state index contributed by atoms with van der Waals surface area (Å²) >= 11 is 6.05. The maximum Gasteiger partial charge on any atom is 0.287 e. The first-order valence-corrected chi connectivity index (χ1v) is 7.78. The molecule has 0 radical (unpaired) electrons. The molecule has 0 aliphatic carbocycles. The summed E-state index contributed by atoms with van der Waals surface area (Å²) in [5, 5.41) is 7.22. The number of amides is 1. The number of nitrogens with one attached hydrogen (secondary N) is 1. The van der Waals surface area contributed by atoms with E-state index in [2.05, 4.69) is 10.4 Å². The van der Waals surface area contributed by atoms with E-state index in [1.807, 2.05) is 11.8 Å². The highest BCUT2D eigenvalue weighted by Crippen LogP contribution is 2.15. The summed E-state index contributed by atoms with van der Waals surface area (Å²) in [6.45, 7) is 4.68. The lowest BCUT2D eigenvalue weighted by molar-refractivity contribution is -0.129. The molecule has 1 aromatic rings. The Balaban J connectivity index is 1.89. The Morgan fingerprint density at radius 3 is 2.81 bits per heavy atom. The van der Waals surface area contributed by atoms with Gasteiger partial charge in [0.15, 0.2) is 0 Å². The molecule has 1 amide bonds. The highest BCUT2D eigenvalue weighted by molar-refractivity contribution is 6.32. The van der Waals surface area contributed by atoms with Crippen molar-refractivity contribution in [3.8, 4) is 0 Å². The number of hydrogen-bond donors (Lipinski definition) is 1. The van der Waals surface area contributed by atoms with Crippen molar-refractivity contribution >= 4 is 23.2 Å². The van der Waals surface area contributed by atoms with Crippen LogP contribution in [0.1, 0.15) is 32.6 Å². The lowest BCUT2D eigenvalue weighted by Crippen LogP contribution is -2.29. The smallest absolute Gasteiger partial charge is 0.287 e. The van der Waals surface area contributed by atoms with Crippen molar-refractivity contribution in [2.45, 2.75) is 39.2 Å². The minimum atomic E-state index is -0.297. The summed E-state index contributed by atoms with van der Waals surface area (Å²) in [6, 6.07) is 0. The summed E-state index contributed by atoms with van der Waals surface area (Å²) in [7, 11) is 0. The molecule has 1 N–H and O–H groups in total. The summed E-state index contributed by atoms with van der Waals surface area (Å²) < 4.78 is 1.35. The number of aryl methyl sites for hydroxylation is 1. The van der Waals surface area contributed by atoms with Crippen LogP contribution in [0.4, 0.5) is 5.69 Å². The van der Waals surface area contributed by atoms with Gasteiger partial charge in [-0.2, -0.15) is 5.10 Å². The topological polar surface area (TPSA) is 67.2 Å². The molecule has 6 nitrogen and oxygen atoms in total. The average molecular weight is 313 g/mol. The van der Waals surface area contributed by atoms with Crippen LogP contribution < -0.4 is 10.9 Å². The zero-order chi connectivity index (χ0) is 15.2. The van der Waals surface area contributed by atoms with Gasteiger partial charge in [-0.25, -0.2) is 4.68 Å². The van der Waals surface area contributed by atoms with Gasteiger partial charge in [0, 0.05) is 32.6 Å². The molecule has 116 valence electrons. The molecule has 1 aliphatic heterocycles. The molecule has 0 atom stereocenters. The molecular formula is C14H21ClN4O2. The van der Waals surface area contributed by atoms with Crippen molar-refractivity contribution in [1.29, 1.82) is 0 Å². The van der Waals surface area contributed by atoms with Crippen molar-refractivity contribution < 1.29 is 4.79 Å². The standard InChI is InChI=1S/C14H21ClN4O2/c1-2-7-19-14(21)13(15)11(10-17-19)16-6-5-12(20)18-8-3-4-9-18/h10,16H,2-9H2,1H3. The van der Waals surface area contributed by atoms with Crippen LogP contribution in [0.15, 0.2) is 11.0 Å². The van der Waals surface area contributed by atoms with Gasteiger partial charge in [0.2, 0.25) is 5.91 Å². The Kier molecular flexibility index (Phi) is 5.61. The fraction of sp³-hybridized carbons (Fsp3) is 0.643. The number of carbonyl (C=O) groups excluding carboxylic acids is 1. The molecule has 21 heavy (non-hydrogen) atoms. The molecule has 1 aliphatic rings. The predicted molar refractivity (Wildman–Crippen MR) is 82.7 cm³/mol. The highest BCUT2D eigenvalue weighted by atomic mass is 35.5. The van der Waals surface area contributed by atoms with Crippen LogP contribution in [0.2, 0.25) is 5.02 Å². The monoisotopic (exact) mass is 312 g/mol. The van der Waals surface area contributed by atoms with Crippen molar-refractivity contribution in [3.05, 3.63) is 21.6 Å². The number of hydrogen-bond acceptors (Lipinski definition) is 4. The van der Waals surface area contributed by atoms with Crippen LogP contribution in [0.25, 0.3) is 0 Å². The second-order valence-corrected chi connectivity index (χ2v) is 5.54. The van der Waals surface area contributed by atoms with Gasteiger partial charge in [-0.05, 0) is 19.3 Å². The summed E-state index contributed by atoms with van der Waals surface area (Å²) in [5.74, 6) is 0.142. The van der Waals surface area contributed by atoms with Crippen molar-refractivity contribution in [2.75, 3.05) is 25.0 Å². The van der Waals surface area contributed by atoms with E-state index in [9.17, 15) is 9.59 Å². The van der Waals surface area contributed by atoms with Gasteiger partial charge in [-0.1, -0.05) is 18.5 Å². The van der Waals surface area contributed by atoms with Crippen LogP contribution in [0.3, 0.4) is 0 Å². The average Bonchev–Trinajstić information content (AvgIpc) is 3.00. The van der Waals surface area contributed by atoms with Crippen LogP contribution in [0, 0.1) is 0 Å². The van der Waals surface area contributed by atoms with E-state index in [1.54, 1.807) is 6.20 Å². The molecule has 0 spiro atoms. The third-order valence-electron chi connectivity index (χ3n) is 3.53. The normalized spacial score (nSPS) is 14.5. The number of anilines is 1. The van der Waals surface area contributed by atoms with Crippen molar-refractivity contribution in [3.63, 3.8) is 0 Å². The molecular weight excluding hydrogens is 292 g/mol. The van der Waals surface area contributed by atoms with Gasteiger partial charge in [-0.15, -0.1) is 0 Å². The van der Waals surface area contributed by atoms with Crippen LogP contribution >= 0.6 is 11.6 Å². The number of halogens is 1. The number of aromatic nitrogens is 2. The van der Waals surface area contributed by atoms with Crippen LogP contribution in [-0.2, 0) is 11.3 Å². The maximum absolute atomic E-state index is 11.9. The molecule has 0 unspecified atom stereocenters. The van der Waals surface area contributed by atoms with E-state index in [0.717, 1.165) is 32.4 Å². The predicted octanol–water partition coefficient (Wildman–Crippen LogP) is 1.73. The summed E-state index contributed by atoms with van der Waals surface area (Å²) in [5.41, 5.74) is 0.192. The maximum atomic E-state index is 11.9. The molecule has 1 aromatic heterocycles. The minimum absolute atomic E-state index is 0.132. The Bertz CT molecular complexity index is 552. The van der Waals surface area contributed by atoms with E-state index < -0.39 is 0 Å². The SMILES string of the molecule is CCCn1ncc(NCCC(=O)N2CCCC2)c(Cl)c1=O. The summed E-state index contributed by atoms with van der Waals surface area (Å²) in [4.78, 5) is 25.7. The van der Waals surface area contributed by atoms with Crippen LogP contribution in [-0.4, -0.2) is 40.2 Å². The van der Waals surface area contributed by atoms with Crippen molar-refractivity contribution in [2.24, 2.45) is 0 Å². The number of carbonyl (C=O) groups is 1. The number of nitrogens with zero attached hydrogens (tertiary/aromatic N) is 3. The number of likely N-dealkylation sites (tertiary alicyclic amines) is 1. The first kappa shape index (κ1) is 15.8. The number of rotatable bonds is 6. The van der Waals surface area contributed by atoms with Gasteiger partial charge >= 0.3 is 0 Å². The van der Waals surface area contributed by atoms with Gasteiger partial charge in [0.1, 0.15) is 5.02 Å². The van der Waals surface area contributed by atoms with E-state index in [4.69, 9.17) is 11.6 Å². The van der Waals surface area contributed by atoms with Gasteiger partial charge in [0.25, 0.3) is 5.56 Å². The second kappa shape index (κ2) is 7.45. The molecule has 0 aromatic carbocycles. The Hall–Kier alpha value is -1.56. The molecule has 0 bridgehead atoms.